The monoisotopic (exact) mass is 362 g/mol. The molecule has 0 saturated heterocycles. The summed E-state index contributed by atoms with van der Waals surface area (Å²) in [4.78, 5) is 18.4. The second-order valence-electron chi connectivity index (χ2n) is 7.35. The average molecular weight is 362 g/mol. The normalized spacial score (nSPS) is 15.4. The zero-order valence-corrected chi connectivity index (χ0v) is 16.4. The van der Waals surface area contributed by atoms with Gasteiger partial charge in [0.25, 0.3) is 5.91 Å². The van der Waals surface area contributed by atoms with E-state index in [0.717, 1.165) is 18.5 Å². The molecule has 0 saturated carbocycles. The molecule has 0 spiro atoms. The quantitative estimate of drug-likeness (QED) is 0.639. The highest BCUT2D eigenvalue weighted by atomic mass is 16.2. The summed E-state index contributed by atoms with van der Waals surface area (Å²) in [6.45, 7) is 9.86. The van der Waals surface area contributed by atoms with Gasteiger partial charge in [0, 0.05) is 30.2 Å². The first-order valence-corrected chi connectivity index (χ1v) is 9.27. The molecular formula is C22H26N4O. The molecule has 2 heterocycles. The van der Waals surface area contributed by atoms with E-state index in [4.69, 9.17) is 0 Å². The molecule has 0 radical (unpaired) electrons. The minimum absolute atomic E-state index is 0.000390. The van der Waals surface area contributed by atoms with E-state index in [1.807, 2.05) is 6.07 Å². The van der Waals surface area contributed by atoms with Crippen molar-refractivity contribution in [1.82, 2.24) is 10.4 Å². The van der Waals surface area contributed by atoms with Crippen LogP contribution in [0.1, 0.15) is 55.6 Å². The van der Waals surface area contributed by atoms with Crippen LogP contribution in [0.4, 0.5) is 5.69 Å². The smallest absolute Gasteiger partial charge is 0.272 e. The van der Waals surface area contributed by atoms with Gasteiger partial charge in [0.15, 0.2) is 0 Å². The van der Waals surface area contributed by atoms with Gasteiger partial charge in [-0.1, -0.05) is 19.1 Å². The standard InChI is InChI=1S/C22H26N4O/c1-5-11-26-20-9-8-17(12-19(20)16(2)13-22(26,3)4)14-24-25-21(27)18-7-6-10-23-15-18/h6-10,12-15H,5,11H2,1-4H3,(H,25,27)/b24-14-. The van der Waals surface area contributed by atoms with Gasteiger partial charge >= 0.3 is 0 Å². The third kappa shape index (κ3) is 4.08. The number of carbonyl (C=O) groups excluding carboxylic acids is 1. The molecule has 1 N–H and O–H groups in total. The van der Waals surface area contributed by atoms with E-state index in [0.29, 0.717) is 5.56 Å². The molecule has 0 fully saturated rings. The third-order valence-electron chi connectivity index (χ3n) is 4.75. The Bertz CT molecular complexity index is 884. The number of nitrogens with zero attached hydrogens (tertiary/aromatic N) is 3. The lowest BCUT2D eigenvalue weighted by atomic mass is 9.88. The Hall–Kier alpha value is -2.95. The van der Waals surface area contributed by atoms with Crippen molar-refractivity contribution in [2.75, 3.05) is 11.4 Å². The van der Waals surface area contributed by atoms with E-state index in [1.165, 1.54) is 23.0 Å². The molecule has 0 aliphatic carbocycles. The van der Waals surface area contributed by atoms with Crippen molar-refractivity contribution in [3.8, 4) is 0 Å². The zero-order chi connectivity index (χ0) is 19.4. The van der Waals surface area contributed by atoms with E-state index < -0.39 is 0 Å². The maximum Gasteiger partial charge on any atom is 0.272 e. The van der Waals surface area contributed by atoms with Crippen LogP contribution in [-0.4, -0.2) is 29.2 Å². The van der Waals surface area contributed by atoms with Crippen molar-refractivity contribution in [1.29, 1.82) is 0 Å². The van der Waals surface area contributed by atoms with E-state index in [2.05, 4.69) is 66.3 Å². The summed E-state index contributed by atoms with van der Waals surface area (Å²) < 4.78 is 0. The molecule has 0 bridgehead atoms. The SMILES string of the molecule is CCCN1c2ccc(/C=N\NC(=O)c3cccnc3)cc2C(C)=CC1(C)C. The van der Waals surface area contributed by atoms with Crippen molar-refractivity contribution in [3.05, 3.63) is 65.5 Å². The van der Waals surface area contributed by atoms with Crippen molar-refractivity contribution < 1.29 is 4.79 Å². The van der Waals surface area contributed by atoms with Crippen molar-refractivity contribution in [3.63, 3.8) is 0 Å². The number of amides is 1. The molecule has 1 amide bonds. The van der Waals surface area contributed by atoms with Gasteiger partial charge in [-0.2, -0.15) is 5.10 Å². The highest BCUT2D eigenvalue weighted by Gasteiger charge is 2.30. The number of nitrogens with one attached hydrogen (secondary N) is 1. The summed E-state index contributed by atoms with van der Waals surface area (Å²) in [5.74, 6) is -0.274. The van der Waals surface area contributed by atoms with Gasteiger partial charge in [0.05, 0.1) is 17.3 Å². The average Bonchev–Trinajstić information content (AvgIpc) is 2.65. The Morgan fingerprint density at radius 2 is 2.15 bits per heavy atom. The molecule has 5 heteroatoms. The van der Waals surface area contributed by atoms with Crippen LogP contribution in [-0.2, 0) is 0 Å². The number of hydrogen-bond acceptors (Lipinski definition) is 4. The summed E-state index contributed by atoms with van der Waals surface area (Å²) in [6, 6.07) is 9.73. The highest BCUT2D eigenvalue weighted by Crippen LogP contribution is 2.39. The number of allylic oxidation sites excluding steroid dienone is 1. The van der Waals surface area contributed by atoms with Crippen LogP contribution in [0, 0.1) is 0 Å². The second kappa shape index (κ2) is 7.74. The molecule has 27 heavy (non-hydrogen) atoms. The van der Waals surface area contributed by atoms with Crippen LogP contribution in [0.15, 0.2) is 53.9 Å². The Labute approximate surface area is 160 Å². The fourth-order valence-electron chi connectivity index (χ4n) is 3.54. The van der Waals surface area contributed by atoms with Gasteiger partial charge in [0.1, 0.15) is 0 Å². The first-order valence-electron chi connectivity index (χ1n) is 9.27. The fraction of sp³-hybridized carbons (Fsp3) is 0.318. The number of anilines is 1. The lowest BCUT2D eigenvalue weighted by Crippen LogP contribution is -2.45. The molecule has 1 aliphatic rings. The van der Waals surface area contributed by atoms with Crippen molar-refractivity contribution in [2.24, 2.45) is 5.10 Å². The summed E-state index contributed by atoms with van der Waals surface area (Å²) in [5, 5.41) is 4.09. The maximum atomic E-state index is 12.0. The molecule has 140 valence electrons. The summed E-state index contributed by atoms with van der Waals surface area (Å²) in [7, 11) is 0. The second-order valence-corrected chi connectivity index (χ2v) is 7.35. The summed E-state index contributed by atoms with van der Waals surface area (Å²) >= 11 is 0. The lowest BCUT2D eigenvalue weighted by molar-refractivity contribution is 0.0955. The number of aromatic nitrogens is 1. The van der Waals surface area contributed by atoms with E-state index >= 15 is 0 Å². The lowest BCUT2D eigenvalue weighted by Gasteiger charge is -2.43. The van der Waals surface area contributed by atoms with Crippen molar-refractivity contribution >= 4 is 23.4 Å². The molecule has 0 atom stereocenters. The van der Waals surface area contributed by atoms with E-state index in [-0.39, 0.29) is 11.4 Å². The Kier molecular flexibility index (Phi) is 5.40. The summed E-state index contributed by atoms with van der Waals surface area (Å²) in [5.41, 5.74) is 7.70. The number of hydrazone groups is 1. The number of hydrogen-bond donors (Lipinski definition) is 1. The third-order valence-corrected chi connectivity index (χ3v) is 4.75. The van der Waals surface area contributed by atoms with E-state index in [9.17, 15) is 4.79 Å². The summed E-state index contributed by atoms with van der Waals surface area (Å²) in [6.07, 6.45) is 8.23. The Balaban J connectivity index is 1.80. The predicted molar refractivity (Wildman–Crippen MR) is 111 cm³/mol. The molecule has 3 rings (SSSR count). The van der Waals surface area contributed by atoms with Crippen LogP contribution < -0.4 is 10.3 Å². The van der Waals surface area contributed by atoms with Crippen LogP contribution in [0.5, 0.6) is 0 Å². The van der Waals surface area contributed by atoms with Crippen LogP contribution in [0.25, 0.3) is 5.57 Å². The zero-order valence-electron chi connectivity index (χ0n) is 16.4. The first kappa shape index (κ1) is 18.8. The van der Waals surface area contributed by atoms with Gasteiger partial charge in [-0.3, -0.25) is 9.78 Å². The number of pyridine rings is 1. The van der Waals surface area contributed by atoms with E-state index in [1.54, 1.807) is 24.5 Å². The van der Waals surface area contributed by atoms with Gasteiger partial charge < -0.3 is 4.90 Å². The predicted octanol–water partition coefficient (Wildman–Crippen LogP) is 4.26. The molecule has 1 aliphatic heterocycles. The number of benzene rings is 1. The Morgan fingerprint density at radius 3 is 2.85 bits per heavy atom. The maximum absolute atomic E-state index is 12.0. The molecule has 5 nitrogen and oxygen atoms in total. The number of rotatable bonds is 5. The Morgan fingerprint density at radius 1 is 1.33 bits per heavy atom. The van der Waals surface area contributed by atoms with Crippen LogP contribution >= 0.6 is 0 Å². The minimum atomic E-state index is -0.274. The van der Waals surface area contributed by atoms with Gasteiger partial charge in [-0.15, -0.1) is 0 Å². The fourth-order valence-corrected chi connectivity index (χ4v) is 3.54. The first-order chi connectivity index (χ1) is 12.9. The van der Waals surface area contributed by atoms with Crippen LogP contribution in [0.3, 0.4) is 0 Å². The van der Waals surface area contributed by atoms with Gasteiger partial charge in [-0.05, 0) is 62.6 Å². The molecular weight excluding hydrogens is 336 g/mol. The minimum Gasteiger partial charge on any atom is -0.362 e. The van der Waals surface area contributed by atoms with Gasteiger partial charge in [0.2, 0.25) is 0 Å². The van der Waals surface area contributed by atoms with Crippen molar-refractivity contribution in [2.45, 2.75) is 39.7 Å². The molecule has 0 unspecified atom stereocenters. The molecule has 1 aromatic heterocycles. The van der Waals surface area contributed by atoms with Gasteiger partial charge in [-0.25, -0.2) is 5.43 Å². The number of fused-ring (bicyclic) bond motifs is 1. The number of carbonyl (C=O) groups is 1. The largest absolute Gasteiger partial charge is 0.362 e. The van der Waals surface area contributed by atoms with Crippen LogP contribution in [0.2, 0.25) is 0 Å². The molecule has 2 aromatic rings. The highest BCUT2D eigenvalue weighted by molar-refractivity contribution is 5.95. The molecule has 1 aromatic carbocycles. The topological polar surface area (TPSA) is 57.6 Å².